The van der Waals surface area contributed by atoms with E-state index in [1.807, 2.05) is 0 Å². The maximum absolute atomic E-state index is 11.2. The summed E-state index contributed by atoms with van der Waals surface area (Å²) in [5.74, 6) is -0.545. The Morgan fingerprint density at radius 2 is 1.85 bits per heavy atom. The molecule has 1 unspecified atom stereocenters. The van der Waals surface area contributed by atoms with Crippen LogP contribution in [0, 0.1) is 0 Å². The molecule has 0 aromatic heterocycles. The van der Waals surface area contributed by atoms with E-state index in [0.717, 1.165) is 0 Å². The van der Waals surface area contributed by atoms with Crippen LogP contribution in [0.25, 0.3) is 0 Å². The van der Waals surface area contributed by atoms with Gasteiger partial charge >= 0.3 is 0 Å². The van der Waals surface area contributed by atoms with Crippen LogP contribution in [0.1, 0.15) is 20.8 Å². The quantitative estimate of drug-likeness (QED) is 0.530. The van der Waals surface area contributed by atoms with E-state index in [0.29, 0.717) is 0 Å². The van der Waals surface area contributed by atoms with Crippen LogP contribution < -0.4 is 10.6 Å². The molecule has 0 fully saturated rings. The number of carbonyl (C=O) groups is 2. The van der Waals surface area contributed by atoms with Crippen molar-refractivity contribution < 1.29 is 14.7 Å². The lowest BCUT2D eigenvalue weighted by Crippen LogP contribution is -2.47. The van der Waals surface area contributed by atoms with Gasteiger partial charge in [0.15, 0.2) is 0 Å². The minimum absolute atomic E-state index is 0.113. The fourth-order valence-electron chi connectivity index (χ4n) is 0.784. The third kappa shape index (κ3) is 5.19. The summed E-state index contributed by atoms with van der Waals surface area (Å²) in [6, 6.07) is -0.852. The van der Waals surface area contributed by atoms with E-state index in [-0.39, 0.29) is 24.5 Å². The summed E-state index contributed by atoms with van der Waals surface area (Å²) in [5.41, 5.74) is 0. The van der Waals surface area contributed by atoms with Crippen LogP contribution >= 0.6 is 0 Å². The lowest BCUT2D eigenvalue weighted by atomic mass is 10.2. The molecular formula is C8H16N2O3. The minimum atomic E-state index is -0.563. The van der Waals surface area contributed by atoms with Gasteiger partial charge in [-0.1, -0.05) is 0 Å². The van der Waals surface area contributed by atoms with Gasteiger partial charge < -0.3 is 15.7 Å². The van der Waals surface area contributed by atoms with Crippen molar-refractivity contribution in [2.24, 2.45) is 0 Å². The Labute approximate surface area is 77.5 Å². The van der Waals surface area contributed by atoms with E-state index in [1.54, 1.807) is 13.8 Å². The van der Waals surface area contributed by atoms with Crippen molar-refractivity contribution in [2.75, 3.05) is 6.61 Å². The third-order valence-corrected chi connectivity index (χ3v) is 1.48. The van der Waals surface area contributed by atoms with Crippen molar-refractivity contribution in [2.45, 2.75) is 32.9 Å². The van der Waals surface area contributed by atoms with Gasteiger partial charge in [-0.15, -0.1) is 0 Å². The molecule has 0 rings (SSSR count). The Morgan fingerprint density at radius 3 is 2.23 bits per heavy atom. The van der Waals surface area contributed by atoms with E-state index in [9.17, 15) is 9.59 Å². The van der Waals surface area contributed by atoms with Crippen LogP contribution in [0.15, 0.2) is 0 Å². The van der Waals surface area contributed by atoms with Gasteiger partial charge in [0.05, 0.1) is 6.61 Å². The lowest BCUT2D eigenvalue weighted by molar-refractivity contribution is -0.128. The number of amides is 2. The monoisotopic (exact) mass is 188 g/mol. The molecule has 0 heterocycles. The predicted octanol–water partition coefficient (Wildman–Crippen LogP) is -0.992. The van der Waals surface area contributed by atoms with Gasteiger partial charge in [-0.2, -0.15) is 0 Å². The standard InChI is InChI=1S/C8H16N2O3/c1-5(4-11)9-8(13)6(2)10-7(3)12/h5-6,11H,4H2,1-3H3,(H,9,13)(H,10,12)/t5-,6?/m1/s1. The van der Waals surface area contributed by atoms with Gasteiger partial charge in [0, 0.05) is 13.0 Å². The Morgan fingerprint density at radius 1 is 1.31 bits per heavy atom. The number of aliphatic hydroxyl groups excluding tert-OH is 1. The van der Waals surface area contributed by atoms with Crippen molar-refractivity contribution in [1.29, 1.82) is 0 Å². The molecule has 0 aliphatic heterocycles. The molecule has 13 heavy (non-hydrogen) atoms. The van der Waals surface area contributed by atoms with Gasteiger partial charge in [0.2, 0.25) is 11.8 Å². The first kappa shape index (κ1) is 11.9. The number of hydrogen-bond donors (Lipinski definition) is 3. The molecule has 2 atom stereocenters. The molecule has 0 radical (unpaired) electrons. The van der Waals surface area contributed by atoms with Gasteiger partial charge in [0.25, 0.3) is 0 Å². The van der Waals surface area contributed by atoms with Crippen molar-refractivity contribution >= 4 is 11.8 Å². The topological polar surface area (TPSA) is 78.4 Å². The maximum Gasteiger partial charge on any atom is 0.242 e. The molecule has 5 heteroatoms. The van der Waals surface area contributed by atoms with Crippen molar-refractivity contribution in [3.8, 4) is 0 Å². The van der Waals surface area contributed by atoms with Crippen molar-refractivity contribution in [1.82, 2.24) is 10.6 Å². The molecule has 0 aliphatic carbocycles. The first-order valence-electron chi connectivity index (χ1n) is 4.15. The molecule has 3 N–H and O–H groups in total. The zero-order chi connectivity index (χ0) is 10.4. The molecule has 0 aromatic rings. The molecule has 0 aliphatic rings. The number of hydrogen-bond acceptors (Lipinski definition) is 3. The fourth-order valence-corrected chi connectivity index (χ4v) is 0.784. The second kappa shape index (κ2) is 5.53. The first-order valence-corrected chi connectivity index (χ1v) is 4.15. The summed E-state index contributed by atoms with van der Waals surface area (Å²) in [4.78, 5) is 21.8. The van der Waals surface area contributed by atoms with Gasteiger partial charge in [0.1, 0.15) is 6.04 Å². The summed E-state index contributed by atoms with van der Waals surface area (Å²) < 4.78 is 0. The molecular weight excluding hydrogens is 172 g/mol. The highest BCUT2D eigenvalue weighted by Gasteiger charge is 2.14. The number of nitrogens with one attached hydrogen (secondary N) is 2. The van der Waals surface area contributed by atoms with Crippen LogP contribution in [-0.2, 0) is 9.59 Å². The smallest absolute Gasteiger partial charge is 0.242 e. The average molecular weight is 188 g/mol. The van der Waals surface area contributed by atoms with Crippen LogP contribution in [0.5, 0.6) is 0 Å². The zero-order valence-corrected chi connectivity index (χ0v) is 8.13. The van der Waals surface area contributed by atoms with Crippen LogP contribution in [0.3, 0.4) is 0 Å². The second-order valence-corrected chi connectivity index (χ2v) is 3.01. The van der Waals surface area contributed by atoms with Crippen LogP contribution in [0.2, 0.25) is 0 Å². The third-order valence-electron chi connectivity index (χ3n) is 1.48. The molecule has 5 nitrogen and oxygen atoms in total. The average Bonchev–Trinajstić information content (AvgIpc) is 2.02. The summed E-state index contributed by atoms with van der Waals surface area (Å²) >= 11 is 0. The molecule has 0 bridgehead atoms. The lowest BCUT2D eigenvalue weighted by Gasteiger charge is -2.15. The summed E-state index contributed by atoms with van der Waals surface area (Å²) in [7, 11) is 0. The molecule has 0 aromatic carbocycles. The Kier molecular flexibility index (Phi) is 5.06. The number of carbonyl (C=O) groups excluding carboxylic acids is 2. The fraction of sp³-hybridized carbons (Fsp3) is 0.750. The maximum atomic E-state index is 11.2. The zero-order valence-electron chi connectivity index (χ0n) is 8.13. The SMILES string of the molecule is CC(=O)NC(C)C(=O)N[C@H](C)CO. The molecule has 0 spiro atoms. The van der Waals surface area contributed by atoms with Crippen LogP contribution in [-0.4, -0.2) is 35.6 Å². The summed E-state index contributed by atoms with van der Waals surface area (Å²) in [6.45, 7) is 4.50. The summed E-state index contributed by atoms with van der Waals surface area (Å²) in [5, 5.41) is 13.6. The van der Waals surface area contributed by atoms with Gasteiger partial charge in [-0.3, -0.25) is 9.59 Å². The Hall–Kier alpha value is -1.10. The highest BCUT2D eigenvalue weighted by atomic mass is 16.3. The van der Waals surface area contributed by atoms with E-state index in [4.69, 9.17) is 5.11 Å². The summed E-state index contributed by atoms with van der Waals surface area (Å²) in [6.07, 6.45) is 0. The minimum Gasteiger partial charge on any atom is -0.394 e. The van der Waals surface area contributed by atoms with E-state index in [1.165, 1.54) is 6.92 Å². The number of aliphatic hydroxyl groups is 1. The largest absolute Gasteiger partial charge is 0.394 e. The molecule has 0 saturated carbocycles. The predicted molar refractivity (Wildman–Crippen MR) is 48.0 cm³/mol. The number of rotatable bonds is 4. The Bertz CT molecular complexity index is 194. The van der Waals surface area contributed by atoms with Crippen LogP contribution in [0.4, 0.5) is 0 Å². The highest BCUT2D eigenvalue weighted by Crippen LogP contribution is 1.85. The Balaban J connectivity index is 3.89. The highest BCUT2D eigenvalue weighted by molar-refractivity contribution is 5.86. The molecule has 2 amide bonds. The van der Waals surface area contributed by atoms with Gasteiger partial charge in [-0.05, 0) is 13.8 Å². The second-order valence-electron chi connectivity index (χ2n) is 3.01. The van der Waals surface area contributed by atoms with E-state index >= 15 is 0 Å². The van der Waals surface area contributed by atoms with Crippen molar-refractivity contribution in [3.05, 3.63) is 0 Å². The molecule has 0 saturated heterocycles. The first-order chi connectivity index (χ1) is 5.97. The van der Waals surface area contributed by atoms with Gasteiger partial charge in [-0.25, -0.2) is 0 Å². The normalized spacial score (nSPS) is 14.5. The van der Waals surface area contributed by atoms with E-state index in [2.05, 4.69) is 10.6 Å². The molecule has 76 valence electrons. The van der Waals surface area contributed by atoms with Crippen molar-refractivity contribution in [3.63, 3.8) is 0 Å². The van der Waals surface area contributed by atoms with E-state index < -0.39 is 6.04 Å².